The van der Waals surface area contributed by atoms with Crippen LogP contribution in [0.15, 0.2) is 36.8 Å². The van der Waals surface area contributed by atoms with Crippen LogP contribution in [0.2, 0.25) is 0 Å². The van der Waals surface area contributed by atoms with Gasteiger partial charge in [0, 0.05) is 58.7 Å². The van der Waals surface area contributed by atoms with E-state index in [0.29, 0.717) is 12.2 Å². The molecule has 0 spiro atoms. The maximum absolute atomic E-state index is 12.7. The first-order chi connectivity index (χ1) is 13.7. The maximum atomic E-state index is 12.7. The average Bonchev–Trinajstić information content (AvgIpc) is 3.21. The third-order valence-electron chi connectivity index (χ3n) is 4.91. The molecule has 1 amide bonds. The molecule has 3 heterocycles. The van der Waals surface area contributed by atoms with Crippen molar-refractivity contribution in [1.82, 2.24) is 40.1 Å². The molecule has 1 saturated heterocycles. The van der Waals surface area contributed by atoms with Gasteiger partial charge in [0.2, 0.25) is 0 Å². The van der Waals surface area contributed by atoms with Crippen molar-refractivity contribution in [3.8, 4) is 0 Å². The molecule has 1 aliphatic heterocycles. The molecule has 1 N–H and O–H groups in total. The number of carbonyl (C=O) groups excluding carboxylic acids is 1. The molecular weight excluding hydrogens is 356 g/mol. The molecule has 0 bridgehead atoms. The quantitative estimate of drug-likeness (QED) is 0.662. The van der Waals surface area contributed by atoms with Gasteiger partial charge in [0.1, 0.15) is 0 Å². The number of fused-ring (bicyclic) bond motifs is 1. The van der Waals surface area contributed by atoms with Crippen molar-refractivity contribution in [2.24, 2.45) is 0 Å². The number of hydrogen-bond acceptors (Lipinski definition) is 7. The van der Waals surface area contributed by atoms with Crippen LogP contribution in [-0.2, 0) is 13.1 Å². The maximum Gasteiger partial charge on any atom is 0.276 e. The summed E-state index contributed by atoms with van der Waals surface area (Å²) in [5.41, 5.74) is 3.02. The Morgan fingerprint density at radius 3 is 2.75 bits per heavy atom. The molecule has 0 radical (unpaired) electrons. The Morgan fingerprint density at radius 1 is 1.14 bits per heavy atom. The minimum atomic E-state index is -0.146. The predicted molar refractivity (Wildman–Crippen MR) is 105 cm³/mol. The molecule has 1 aromatic carbocycles. The van der Waals surface area contributed by atoms with E-state index in [1.165, 1.54) is 0 Å². The Morgan fingerprint density at radius 2 is 1.93 bits per heavy atom. The molecule has 1 aliphatic rings. The average molecular weight is 380 g/mol. The molecule has 3 aromatic rings. The van der Waals surface area contributed by atoms with Crippen molar-refractivity contribution in [2.75, 3.05) is 39.8 Å². The standard InChI is InChI=1S/C19H24N8O/c1-25(13-15-2-3-16-17(12-15)22-5-4-21-16)19(28)18-14-27(24-23-18)11-10-26-8-6-20-7-9-26/h2-5,12,14,20H,6-11,13H2,1H3. The fourth-order valence-electron chi connectivity index (χ4n) is 3.33. The second-order valence-electron chi connectivity index (χ2n) is 7.00. The van der Waals surface area contributed by atoms with Gasteiger partial charge in [0.25, 0.3) is 5.91 Å². The van der Waals surface area contributed by atoms with Crippen molar-refractivity contribution < 1.29 is 4.79 Å². The number of rotatable bonds is 6. The Balaban J connectivity index is 1.35. The Labute approximate surface area is 163 Å². The summed E-state index contributed by atoms with van der Waals surface area (Å²) in [7, 11) is 1.77. The van der Waals surface area contributed by atoms with Crippen molar-refractivity contribution in [3.63, 3.8) is 0 Å². The van der Waals surface area contributed by atoms with Gasteiger partial charge in [-0.1, -0.05) is 11.3 Å². The zero-order valence-corrected chi connectivity index (χ0v) is 16.0. The van der Waals surface area contributed by atoms with E-state index in [1.807, 2.05) is 18.2 Å². The van der Waals surface area contributed by atoms with Crippen LogP contribution in [0.1, 0.15) is 16.1 Å². The topological polar surface area (TPSA) is 92.1 Å². The lowest BCUT2D eigenvalue weighted by Crippen LogP contribution is -2.44. The second kappa shape index (κ2) is 8.41. The summed E-state index contributed by atoms with van der Waals surface area (Å²) >= 11 is 0. The fraction of sp³-hybridized carbons (Fsp3) is 0.421. The van der Waals surface area contributed by atoms with Crippen LogP contribution >= 0.6 is 0 Å². The molecule has 0 atom stereocenters. The molecule has 146 valence electrons. The molecule has 28 heavy (non-hydrogen) atoms. The van der Waals surface area contributed by atoms with E-state index < -0.39 is 0 Å². The minimum Gasteiger partial charge on any atom is -0.336 e. The summed E-state index contributed by atoms with van der Waals surface area (Å²) in [4.78, 5) is 25.3. The third-order valence-corrected chi connectivity index (χ3v) is 4.91. The minimum absolute atomic E-state index is 0.146. The van der Waals surface area contributed by atoms with Gasteiger partial charge >= 0.3 is 0 Å². The summed E-state index contributed by atoms with van der Waals surface area (Å²) in [5, 5.41) is 11.5. The van der Waals surface area contributed by atoms with Crippen LogP contribution in [0.5, 0.6) is 0 Å². The molecule has 4 rings (SSSR count). The van der Waals surface area contributed by atoms with Gasteiger partial charge in [-0.05, 0) is 17.7 Å². The Hall–Kier alpha value is -2.91. The van der Waals surface area contributed by atoms with Gasteiger partial charge < -0.3 is 10.2 Å². The monoisotopic (exact) mass is 380 g/mol. The molecule has 0 saturated carbocycles. The normalized spacial score (nSPS) is 15.0. The highest BCUT2D eigenvalue weighted by molar-refractivity contribution is 5.91. The van der Waals surface area contributed by atoms with E-state index in [0.717, 1.165) is 55.9 Å². The fourth-order valence-corrected chi connectivity index (χ4v) is 3.33. The number of aromatic nitrogens is 5. The number of hydrogen-bond donors (Lipinski definition) is 1. The lowest BCUT2D eigenvalue weighted by molar-refractivity contribution is 0.0779. The van der Waals surface area contributed by atoms with Gasteiger partial charge in [-0.3, -0.25) is 24.3 Å². The van der Waals surface area contributed by atoms with Crippen LogP contribution in [0.25, 0.3) is 11.0 Å². The van der Waals surface area contributed by atoms with Crippen molar-refractivity contribution in [3.05, 3.63) is 48.0 Å². The summed E-state index contributed by atoms with van der Waals surface area (Å²) in [6.45, 7) is 6.23. The van der Waals surface area contributed by atoms with Crippen LogP contribution < -0.4 is 5.32 Å². The molecule has 0 aliphatic carbocycles. The van der Waals surface area contributed by atoms with Crippen LogP contribution in [0, 0.1) is 0 Å². The number of carbonyl (C=O) groups is 1. The molecule has 9 nitrogen and oxygen atoms in total. The number of benzene rings is 1. The number of amides is 1. The molecule has 2 aromatic heterocycles. The first-order valence-corrected chi connectivity index (χ1v) is 9.47. The van der Waals surface area contributed by atoms with Gasteiger partial charge in [0.05, 0.1) is 23.8 Å². The Kier molecular flexibility index (Phi) is 5.54. The van der Waals surface area contributed by atoms with E-state index in [4.69, 9.17) is 0 Å². The van der Waals surface area contributed by atoms with Gasteiger partial charge in [-0.25, -0.2) is 0 Å². The zero-order valence-electron chi connectivity index (χ0n) is 16.0. The van der Waals surface area contributed by atoms with Crippen LogP contribution in [0.3, 0.4) is 0 Å². The van der Waals surface area contributed by atoms with E-state index in [1.54, 1.807) is 35.2 Å². The van der Waals surface area contributed by atoms with Gasteiger partial charge in [-0.2, -0.15) is 0 Å². The van der Waals surface area contributed by atoms with Gasteiger partial charge in [0.15, 0.2) is 5.69 Å². The second-order valence-corrected chi connectivity index (χ2v) is 7.00. The highest BCUT2D eigenvalue weighted by atomic mass is 16.2. The predicted octanol–water partition coefficient (Wildman–Crippen LogP) is 0.399. The smallest absolute Gasteiger partial charge is 0.276 e. The van der Waals surface area contributed by atoms with Crippen LogP contribution in [-0.4, -0.2) is 80.4 Å². The summed E-state index contributed by atoms with van der Waals surface area (Å²) in [6, 6.07) is 5.84. The van der Waals surface area contributed by atoms with Crippen molar-refractivity contribution in [2.45, 2.75) is 13.1 Å². The first-order valence-electron chi connectivity index (χ1n) is 9.47. The molecule has 9 heteroatoms. The lowest BCUT2D eigenvalue weighted by Gasteiger charge is -2.26. The van der Waals surface area contributed by atoms with Crippen molar-refractivity contribution >= 4 is 16.9 Å². The van der Waals surface area contributed by atoms with Crippen LogP contribution in [0.4, 0.5) is 0 Å². The van der Waals surface area contributed by atoms with Crippen molar-refractivity contribution in [1.29, 1.82) is 0 Å². The molecule has 1 fully saturated rings. The molecular formula is C19H24N8O. The number of piperazine rings is 1. The summed E-state index contributed by atoms with van der Waals surface area (Å²) in [6.07, 6.45) is 5.07. The lowest BCUT2D eigenvalue weighted by atomic mass is 10.2. The third kappa shape index (κ3) is 4.32. The first kappa shape index (κ1) is 18.5. The largest absolute Gasteiger partial charge is 0.336 e. The Bertz CT molecular complexity index is 950. The van der Waals surface area contributed by atoms with Gasteiger partial charge in [-0.15, -0.1) is 5.10 Å². The highest BCUT2D eigenvalue weighted by Gasteiger charge is 2.17. The number of nitrogens with one attached hydrogen (secondary N) is 1. The SMILES string of the molecule is CN(Cc1ccc2nccnc2c1)C(=O)c1cn(CCN2CCNCC2)nn1. The van der Waals surface area contributed by atoms with E-state index in [9.17, 15) is 4.79 Å². The highest BCUT2D eigenvalue weighted by Crippen LogP contribution is 2.13. The van der Waals surface area contributed by atoms with E-state index >= 15 is 0 Å². The molecule has 0 unspecified atom stereocenters. The number of nitrogens with zero attached hydrogens (tertiary/aromatic N) is 7. The summed E-state index contributed by atoms with van der Waals surface area (Å²) in [5.74, 6) is -0.146. The zero-order chi connectivity index (χ0) is 19.3. The van der Waals surface area contributed by atoms with E-state index in [-0.39, 0.29) is 5.91 Å². The summed E-state index contributed by atoms with van der Waals surface area (Å²) < 4.78 is 1.74. The van der Waals surface area contributed by atoms with E-state index in [2.05, 4.69) is 30.5 Å².